The fourth-order valence-corrected chi connectivity index (χ4v) is 1.58. The van der Waals surface area contributed by atoms with Crippen LogP contribution in [0.4, 0.5) is 5.69 Å². The van der Waals surface area contributed by atoms with E-state index < -0.39 is 11.0 Å². The average molecular weight is 230 g/mol. The smallest absolute Gasteiger partial charge is 0.274 e. The second-order valence-corrected chi connectivity index (χ2v) is 3.79. The van der Waals surface area contributed by atoms with Crippen molar-refractivity contribution in [3.05, 3.63) is 38.9 Å². The number of benzene rings is 1. The third-order valence-electron chi connectivity index (χ3n) is 2.10. The Balaban J connectivity index is 2.97. The molecule has 0 aliphatic carbocycles. The summed E-state index contributed by atoms with van der Waals surface area (Å²) < 4.78 is 0. The van der Waals surface area contributed by atoms with Gasteiger partial charge in [0.2, 0.25) is 0 Å². The summed E-state index contributed by atoms with van der Waals surface area (Å²) in [6.45, 7) is 1.64. The lowest BCUT2D eigenvalue weighted by Crippen LogP contribution is -2.04. The standard InChI is InChI=1S/C10H12ClNO3/c1-7(13)5-6-8-9(11)3-2-4-10(8)12(14)15/h2-4,7,13H,5-6H2,1H3. The maximum absolute atomic E-state index is 10.7. The Bertz CT molecular complexity index is 366. The van der Waals surface area contributed by atoms with Gasteiger partial charge in [-0.25, -0.2) is 0 Å². The summed E-state index contributed by atoms with van der Waals surface area (Å²) in [5, 5.41) is 20.2. The third-order valence-corrected chi connectivity index (χ3v) is 2.46. The fourth-order valence-electron chi connectivity index (χ4n) is 1.32. The van der Waals surface area contributed by atoms with E-state index >= 15 is 0 Å². The lowest BCUT2D eigenvalue weighted by molar-refractivity contribution is -0.385. The predicted molar refractivity (Wildman–Crippen MR) is 58.1 cm³/mol. The van der Waals surface area contributed by atoms with Gasteiger partial charge in [0, 0.05) is 11.6 Å². The Hall–Kier alpha value is -1.13. The van der Waals surface area contributed by atoms with E-state index in [2.05, 4.69) is 0 Å². The number of hydrogen-bond donors (Lipinski definition) is 1. The molecule has 1 rings (SSSR count). The van der Waals surface area contributed by atoms with Crippen molar-refractivity contribution in [2.45, 2.75) is 25.9 Å². The van der Waals surface area contributed by atoms with Crippen molar-refractivity contribution in [1.82, 2.24) is 0 Å². The van der Waals surface area contributed by atoms with Gasteiger partial charge >= 0.3 is 0 Å². The van der Waals surface area contributed by atoms with Crippen LogP contribution in [0.15, 0.2) is 18.2 Å². The molecule has 0 aliphatic heterocycles. The molecule has 1 unspecified atom stereocenters. The van der Waals surface area contributed by atoms with Crippen LogP contribution in [0.25, 0.3) is 0 Å². The number of halogens is 1. The average Bonchev–Trinajstić information content (AvgIpc) is 2.15. The van der Waals surface area contributed by atoms with Gasteiger partial charge in [-0.3, -0.25) is 10.1 Å². The molecule has 0 aliphatic rings. The largest absolute Gasteiger partial charge is 0.393 e. The number of nitrogens with zero attached hydrogens (tertiary/aromatic N) is 1. The molecule has 1 aromatic rings. The topological polar surface area (TPSA) is 63.4 Å². The summed E-state index contributed by atoms with van der Waals surface area (Å²) in [6.07, 6.45) is 0.388. The van der Waals surface area contributed by atoms with E-state index in [-0.39, 0.29) is 5.69 Å². The Kier molecular flexibility index (Phi) is 4.05. The van der Waals surface area contributed by atoms with Gasteiger partial charge in [0.15, 0.2) is 0 Å². The number of nitro groups is 1. The number of aliphatic hydroxyl groups excluding tert-OH is 1. The van der Waals surface area contributed by atoms with Gasteiger partial charge in [0.1, 0.15) is 0 Å². The van der Waals surface area contributed by atoms with Crippen LogP contribution in [0.1, 0.15) is 18.9 Å². The molecule has 4 nitrogen and oxygen atoms in total. The molecule has 0 saturated heterocycles. The first kappa shape index (κ1) is 11.9. The van der Waals surface area contributed by atoms with Crippen LogP contribution in [-0.2, 0) is 6.42 Å². The van der Waals surface area contributed by atoms with Crippen LogP contribution >= 0.6 is 11.6 Å². The SMILES string of the molecule is CC(O)CCc1c(Cl)cccc1[N+](=O)[O-]. The van der Waals surface area contributed by atoms with Gasteiger partial charge in [-0.2, -0.15) is 0 Å². The monoisotopic (exact) mass is 229 g/mol. The molecule has 82 valence electrons. The second-order valence-electron chi connectivity index (χ2n) is 3.38. The normalized spacial score (nSPS) is 12.5. The molecule has 0 saturated carbocycles. The molecular weight excluding hydrogens is 218 g/mol. The molecule has 0 aromatic heterocycles. The van der Waals surface area contributed by atoms with E-state index in [0.717, 1.165) is 0 Å². The lowest BCUT2D eigenvalue weighted by atomic mass is 10.1. The van der Waals surface area contributed by atoms with E-state index in [0.29, 0.717) is 23.4 Å². The van der Waals surface area contributed by atoms with Crippen molar-refractivity contribution in [2.24, 2.45) is 0 Å². The predicted octanol–water partition coefficient (Wildman–Crippen LogP) is 2.56. The lowest BCUT2D eigenvalue weighted by Gasteiger charge is -2.06. The van der Waals surface area contributed by atoms with E-state index in [1.807, 2.05) is 0 Å². The van der Waals surface area contributed by atoms with Crippen molar-refractivity contribution < 1.29 is 10.0 Å². The van der Waals surface area contributed by atoms with Gasteiger partial charge in [-0.15, -0.1) is 0 Å². The zero-order valence-electron chi connectivity index (χ0n) is 8.31. The number of rotatable bonds is 4. The molecule has 1 aromatic carbocycles. The summed E-state index contributed by atoms with van der Waals surface area (Å²) >= 11 is 5.87. The van der Waals surface area contributed by atoms with E-state index in [1.165, 1.54) is 6.07 Å². The Morgan fingerprint density at radius 2 is 2.27 bits per heavy atom. The second kappa shape index (κ2) is 5.09. The van der Waals surface area contributed by atoms with E-state index in [4.69, 9.17) is 16.7 Å². The molecule has 0 heterocycles. The molecule has 5 heteroatoms. The first-order valence-corrected chi connectivity index (χ1v) is 5.00. The minimum absolute atomic E-state index is 0.0168. The maximum atomic E-state index is 10.7. The summed E-state index contributed by atoms with van der Waals surface area (Å²) in [7, 11) is 0. The molecule has 0 fully saturated rings. The zero-order chi connectivity index (χ0) is 11.4. The van der Waals surface area contributed by atoms with E-state index in [9.17, 15) is 10.1 Å². The molecule has 0 spiro atoms. The number of nitro benzene ring substituents is 1. The Labute approximate surface area is 92.6 Å². The fraction of sp³-hybridized carbons (Fsp3) is 0.400. The molecular formula is C10H12ClNO3. The maximum Gasteiger partial charge on any atom is 0.274 e. The van der Waals surface area contributed by atoms with Crippen LogP contribution in [0.2, 0.25) is 5.02 Å². The highest BCUT2D eigenvalue weighted by Crippen LogP contribution is 2.27. The molecule has 0 radical (unpaired) electrons. The summed E-state index contributed by atoms with van der Waals surface area (Å²) in [5.74, 6) is 0. The summed E-state index contributed by atoms with van der Waals surface area (Å²) in [4.78, 5) is 10.2. The summed E-state index contributed by atoms with van der Waals surface area (Å²) in [6, 6.07) is 4.58. The minimum atomic E-state index is -0.485. The van der Waals surface area contributed by atoms with Crippen molar-refractivity contribution in [2.75, 3.05) is 0 Å². The molecule has 0 bridgehead atoms. The van der Waals surface area contributed by atoms with Gasteiger partial charge in [-0.05, 0) is 25.8 Å². The molecule has 1 atom stereocenters. The molecule has 15 heavy (non-hydrogen) atoms. The molecule has 0 amide bonds. The van der Waals surface area contributed by atoms with Crippen molar-refractivity contribution in [1.29, 1.82) is 0 Å². The summed E-state index contributed by atoms with van der Waals surface area (Å²) in [5.41, 5.74) is 0.508. The highest BCUT2D eigenvalue weighted by Gasteiger charge is 2.16. The zero-order valence-corrected chi connectivity index (χ0v) is 9.07. The van der Waals surface area contributed by atoms with Crippen LogP contribution in [0, 0.1) is 10.1 Å². The number of hydrogen-bond acceptors (Lipinski definition) is 3. The van der Waals surface area contributed by atoms with Crippen LogP contribution in [0.5, 0.6) is 0 Å². The van der Waals surface area contributed by atoms with Gasteiger partial charge in [0.25, 0.3) is 5.69 Å². The minimum Gasteiger partial charge on any atom is -0.393 e. The number of aliphatic hydroxyl groups is 1. The molecule has 1 N–H and O–H groups in total. The van der Waals surface area contributed by atoms with Gasteiger partial charge in [-0.1, -0.05) is 17.7 Å². The first-order valence-electron chi connectivity index (χ1n) is 4.62. The van der Waals surface area contributed by atoms with Gasteiger partial charge < -0.3 is 5.11 Å². The van der Waals surface area contributed by atoms with Crippen LogP contribution in [-0.4, -0.2) is 16.1 Å². The van der Waals surface area contributed by atoms with Crippen molar-refractivity contribution in [3.63, 3.8) is 0 Å². The highest BCUT2D eigenvalue weighted by atomic mass is 35.5. The van der Waals surface area contributed by atoms with Crippen LogP contribution < -0.4 is 0 Å². The highest BCUT2D eigenvalue weighted by molar-refractivity contribution is 6.31. The Morgan fingerprint density at radius 1 is 1.60 bits per heavy atom. The first-order chi connectivity index (χ1) is 7.02. The van der Waals surface area contributed by atoms with Crippen molar-refractivity contribution >= 4 is 17.3 Å². The van der Waals surface area contributed by atoms with Crippen molar-refractivity contribution in [3.8, 4) is 0 Å². The Morgan fingerprint density at radius 3 is 2.80 bits per heavy atom. The van der Waals surface area contributed by atoms with Gasteiger partial charge in [0.05, 0.1) is 16.0 Å². The third kappa shape index (κ3) is 3.18. The quantitative estimate of drug-likeness (QED) is 0.638. The van der Waals surface area contributed by atoms with E-state index in [1.54, 1.807) is 19.1 Å². The van der Waals surface area contributed by atoms with Crippen LogP contribution in [0.3, 0.4) is 0 Å².